The molecule has 0 fully saturated rings. The van der Waals surface area contributed by atoms with Crippen LogP contribution in [0.3, 0.4) is 0 Å². The van der Waals surface area contributed by atoms with Gasteiger partial charge < -0.3 is 10.0 Å². The van der Waals surface area contributed by atoms with Crippen LogP contribution in [0.25, 0.3) is 0 Å². The molecule has 108 valence electrons. The highest BCUT2D eigenvalue weighted by Gasteiger charge is 2.21. The van der Waals surface area contributed by atoms with Gasteiger partial charge in [-0.05, 0) is 35.7 Å². The Kier molecular flexibility index (Phi) is 3.58. The molecule has 0 aliphatic carbocycles. The molecule has 1 N–H and O–H groups in total. The third-order valence-electron chi connectivity index (χ3n) is 3.87. The zero-order chi connectivity index (χ0) is 14.8. The first-order valence-corrected chi connectivity index (χ1v) is 6.90. The molecule has 0 bridgehead atoms. The van der Waals surface area contributed by atoms with Gasteiger partial charge in [-0.1, -0.05) is 18.2 Å². The summed E-state index contributed by atoms with van der Waals surface area (Å²) in [4.78, 5) is 12.3. The smallest absolute Gasteiger partial charge is 0.269 e. The van der Waals surface area contributed by atoms with E-state index in [4.69, 9.17) is 0 Å². The molecule has 0 amide bonds. The van der Waals surface area contributed by atoms with Gasteiger partial charge in [0.25, 0.3) is 5.69 Å². The largest absolute Gasteiger partial charge is 0.387 e. The number of rotatable bonds is 4. The van der Waals surface area contributed by atoms with Crippen LogP contribution in [-0.4, -0.2) is 23.1 Å². The van der Waals surface area contributed by atoms with E-state index in [1.54, 1.807) is 12.1 Å². The molecule has 0 aromatic heterocycles. The fraction of sp³-hybridized carbons (Fsp3) is 0.250. The first kappa shape index (κ1) is 13.6. The average molecular weight is 284 g/mol. The number of β-amino-alcohol motifs (C(OH)–C–C–N with tert-alkyl or cyclic N) is 1. The van der Waals surface area contributed by atoms with Gasteiger partial charge in [-0.3, -0.25) is 10.1 Å². The van der Waals surface area contributed by atoms with Gasteiger partial charge in [0, 0.05) is 30.9 Å². The maximum atomic E-state index is 10.6. The third kappa shape index (κ3) is 2.73. The molecule has 21 heavy (non-hydrogen) atoms. The Morgan fingerprint density at radius 3 is 2.62 bits per heavy atom. The van der Waals surface area contributed by atoms with Crippen molar-refractivity contribution in [1.82, 2.24) is 0 Å². The number of fused-ring (bicyclic) bond motifs is 1. The SMILES string of the molecule is O=[N+]([O-])c1ccc(C(O)CN2CCc3ccccc32)cc1. The number of anilines is 1. The molecule has 2 aromatic rings. The lowest BCUT2D eigenvalue weighted by molar-refractivity contribution is -0.384. The Hall–Kier alpha value is -2.40. The van der Waals surface area contributed by atoms with Crippen LogP contribution >= 0.6 is 0 Å². The number of aliphatic hydroxyl groups is 1. The topological polar surface area (TPSA) is 66.6 Å². The first-order valence-electron chi connectivity index (χ1n) is 6.90. The Balaban J connectivity index is 1.72. The second-order valence-corrected chi connectivity index (χ2v) is 5.19. The quantitative estimate of drug-likeness (QED) is 0.692. The lowest BCUT2D eigenvalue weighted by Gasteiger charge is -2.23. The van der Waals surface area contributed by atoms with Crippen molar-refractivity contribution in [3.63, 3.8) is 0 Å². The summed E-state index contributed by atoms with van der Waals surface area (Å²) < 4.78 is 0. The van der Waals surface area contributed by atoms with Gasteiger partial charge in [0.2, 0.25) is 0 Å². The Labute approximate surface area is 122 Å². The van der Waals surface area contributed by atoms with Gasteiger partial charge in [0.05, 0.1) is 11.0 Å². The molecule has 1 atom stereocenters. The van der Waals surface area contributed by atoms with Crippen molar-refractivity contribution in [1.29, 1.82) is 0 Å². The molecule has 1 heterocycles. The van der Waals surface area contributed by atoms with Crippen LogP contribution in [0.2, 0.25) is 0 Å². The molecule has 2 aromatic carbocycles. The third-order valence-corrected chi connectivity index (χ3v) is 3.87. The van der Waals surface area contributed by atoms with Crippen LogP contribution in [-0.2, 0) is 6.42 Å². The molecule has 3 rings (SSSR count). The normalized spacial score (nSPS) is 14.8. The standard InChI is InChI=1S/C16H16N2O3/c19-16(13-5-7-14(8-6-13)18(20)21)11-17-10-9-12-3-1-2-4-15(12)17/h1-8,16,19H,9-11H2. The molecular formula is C16H16N2O3. The summed E-state index contributed by atoms with van der Waals surface area (Å²) in [5.74, 6) is 0. The second-order valence-electron chi connectivity index (χ2n) is 5.19. The Morgan fingerprint density at radius 2 is 1.90 bits per heavy atom. The molecule has 0 saturated heterocycles. The van der Waals surface area contributed by atoms with Crippen molar-refractivity contribution in [2.24, 2.45) is 0 Å². The summed E-state index contributed by atoms with van der Waals surface area (Å²) >= 11 is 0. The summed E-state index contributed by atoms with van der Waals surface area (Å²) in [6, 6.07) is 14.3. The summed E-state index contributed by atoms with van der Waals surface area (Å²) in [6.07, 6.45) is 0.334. The number of hydrogen-bond donors (Lipinski definition) is 1. The zero-order valence-electron chi connectivity index (χ0n) is 11.5. The second kappa shape index (κ2) is 5.54. The molecule has 0 spiro atoms. The summed E-state index contributed by atoms with van der Waals surface area (Å²) in [5.41, 5.74) is 3.20. The van der Waals surface area contributed by atoms with Crippen molar-refractivity contribution in [3.05, 3.63) is 69.8 Å². The monoisotopic (exact) mass is 284 g/mol. The maximum absolute atomic E-state index is 10.6. The van der Waals surface area contributed by atoms with Crippen LogP contribution < -0.4 is 4.90 Å². The van der Waals surface area contributed by atoms with Crippen molar-refractivity contribution in [3.8, 4) is 0 Å². The number of para-hydroxylation sites is 1. The van der Waals surface area contributed by atoms with Gasteiger partial charge >= 0.3 is 0 Å². The number of nitrogens with zero attached hydrogens (tertiary/aromatic N) is 2. The lowest BCUT2D eigenvalue weighted by atomic mass is 10.1. The van der Waals surface area contributed by atoms with Crippen molar-refractivity contribution in [2.75, 3.05) is 18.0 Å². The van der Waals surface area contributed by atoms with E-state index in [1.165, 1.54) is 23.4 Å². The van der Waals surface area contributed by atoms with Gasteiger partial charge in [0.1, 0.15) is 0 Å². The van der Waals surface area contributed by atoms with Crippen LogP contribution in [0.5, 0.6) is 0 Å². The fourth-order valence-corrected chi connectivity index (χ4v) is 2.73. The predicted molar refractivity (Wildman–Crippen MR) is 80.4 cm³/mol. The van der Waals surface area contributed by atoms with Gasteiger partial charge in [-0.15, -0.1) is 0 Å². The first-order chi connectivity index (χ1) is 10.1. The summed E-state index contributed by atoms with van der Waals surface area (Å²) in [7, 11) is 0. The molecule has 0 saturated carbocycles. The number of nitro groups is 1. The van der Waals surface area contributed by atoms with E-state index < -0.39 is 11.0 Å². The van der Waals surface area contributed by atoms with Crippen molar-refractivity contribution in [2.45, 2.75) is 12.5 Å². The Bertz CT molecular complexity index is 655. The molecule has 5 heteroatoms. The van der Waals surface area contributed by atoms with Gasteiger partial charge in [-0.25, -0.2) is 0 Å². The van der Waals surface area contributed by atoms with Gasteiger partial charge in [-0.2, -0.15) is 0 Å². The van der Waals surface area contributed by atoms with E-state index in [9.17, 15) is 15.2 Å². The minimum absolute atomic E-state index is 0.0393. The van der Waals surface area contributed by atoms with Crippen LogP contribution in [0, 0.1) is 10.1 Å². The maximum Gasteiger partial charge on any atom is 0.269 e. The van der Waals surface area contributed by atoms with E-state index in [-0.39, 0.29) is 5.69 Å². The fourth-order valence-electron chi connectivity index (χ4n) is 2.73. The van der Waals surface area contributed by atoms with Crippen LogP contribution in [0.1, 0.15) is 17.2 Å². The number of non-ortho nitro benzene ring substituents is 1. The van der Waals surface area contributed by atoms with Gasteiger partial charge in [0.15, 0.2) is 0 Å². The predicted octanol–water partition coefficient (Wildman–Crippen LogP) is 2.69. The molecule has 1 aliphatic rings. The minimum atomic E-state index is -0.656. The highest BCUT2D eigenvalue weighted by atomic mass is 16.6. The highest BCUT2D eigenvalue weighted by molar-refractivity contribution is 5.58. The van der Waals surface area contributed by atoms with E-state index in [1.807, 2.05) is 12.1 Å². The molecule has 0 radical (unpaired) electrons. The molecule has 5 nitrogen and oxygen atoms in total. The van der Waals surface area contributed by atoms with Crippen LogP contribution in [0.15, 0.2) is 48.5 Å². The molecule has 1 unspecified atom stereocenters. The number of aliphatic hydroxyl groups excluding tert-OH is 1. The lowest BCUT2D eigenvalue weighted by Crippen LogP contribution is -2.26. The van der Waals surface area contributed by atoms with E-state index in [0.717, 1.165) is 13.0 Å². The Morgan fingerprint density at radius 1 is 1.19 bits per heavy atom. The molecule has 1 aliphatic heterocycles. The summed E-state index contributed by atoms with van der Waals surface area (Å²) in [6.45, 7) is 1.39. The van der Waals surface area contributed by atoms with E-state index in [0.29, 0.717) is 12.1 Å². The molecular weight excluding hydrogens is 268 g/mol. The van der Waals surface area contributed by atoms with E-state index in [2.05, 4.69) is 17.0 Å². The summed E-state index contributed by atoms with van der Waals surface area (Å²) in [5, 5.41) is 21.0. The minimum Gasteiger partial charge on any atom is -0.387 e. The van der Waals surface area contributed by atoms with E-state index >= 15 is 0 Å². The van der Waals surface area contributed by atoms with Crippen LogP contribution in [0.4, 0.5) is 11.4 Å². The number of hydrogen-bond acceptors (Lipinski definition) is 4. The number of nitro benzene ring substituents is 1. The number of benzene rings is 2. The highest BCUT2D eigenvalue weighted by Crippen LogP contribution is 2.29. The van der Waals surface area contributed by atoms with Crippen molar-refractivity contribution >= 4 is 11.4 Å². The zero-order valence-corrected chi connectivity index (χ0v) is 11.5. The average Bonchev–Trinajstić information content (AvgIpc) is 2.91. The van der Waals surface area contributed by atoms with Crippen molar-refractivity contribution < 1.29 is 10.0 Å².